The van der Waals surface area contributed by atoms with Crippen molar-refractivity contribution in [2.75, 3.05) is 0 Å². The van der Waals surface area contributed by atoms with Gasteiger partial charge in [0.2, 0.25) is 0 Å². The Morgan fingerprint density at radius 1 is 1.43 bits per heavy atom. The van der Waals surface area contributed by atoms with Crippen molar-refractivity contribution in [3.8, 4) is 0 Å². The maximum Gasteiger partial charge on any atom is 0.352 e. The molecule has 1 aromatic heterocycles. The van der Waals surface area contributed by atoms with E-state index in [0.29, 0.717) is 6.54 Å². The summed E-state index contributed by atoms with van der Waals surface area (Å²) in [6.07, 6.45) is 0. The van der Waals surface area contributed by atoms with Gasteiger partial charge in [-0.3, -0.25) is 0 Å². The van der Waals surface area contributed by atoms with Crippen LogP contribution in [0.5, 0.6) is 0 Å². The minimum absolute atomic E-state index is 0.203. The van der Waals surface area contributed by atoms with E-state index in [1.165, 1.54) is 0 Å². The highest BCUT2D eigenvalue weighted by Crippen LogP contribution is 2.16. The van der Waals surface area contributed by atoms with Gasteiger partial charge in [0.05, 0.1) is 0 Å². The van der Waals surface area contributed by atoms with Crippen LogP contribution in [0.25, 0.3) is 10.9 Å². The Morgan fingerprint density at radius 3 is 2.86 bits per heavy atom. The van der Waals surface area contributed by atoms with E-state index >= 15 is 0 Å². The van der Waals surface area contributed by atoms with Crippen LogP contribution in [0.15, 0.2) is 24.3 Å². The van der Waals surface area contributed by atoms with E-state index in [2.05, 4.69) is 4.98 Å². The van der Waals surface area contributed by atoms with Gasteiger partial charge in [-0.25, -0.2) is 4.79 Å². The molecular formula is C10H10N2O2. The molecule has 0 bridgehead atoms. The molecule has 4 nitrogen and oxygen atoms in total. The van der Waals surface area contributed by atoms with Gasteiger partial charge in [0.1, 0.15) is 5.69 Å². The van der Waals surface area contributed by atoms with Crippen LogP contribution in [-0.2, 0) is 6.54 Å². The van der Waals surface area contributed by atoms with E-state index in [1.807, 2.05) is 18.2 Å². The van der Waals surface area contributed by atoms with Gasteiger partial charge in [-0.2, -0.15) is 0 Å². The molecule has 0 fully saturated rings. The zero-order valence-corrected chi connectivity index (χ0v) is 7.45. The first-order valence-electron chi connectivity index (χ1n) is 4.25. The van der Waals surface area contributed by atoms with Crippen LogP contribution in [0.1, 0.15) is 16.1 Å². The molecule has 72 valence electrons. The molecule has 0 unspecified atom stereocenters. The normalized spacial score (nSPS) is 10.6. The Hall–Kier alpha value is -1.81. The number of H-pyrrole nitrogens is 1. The minimum atomic E-state index is -0.949. The molecule has 1 heterocycles. The average Bonchev–Trinajstić information content (AvgIpc) is 2.59. The number of carboxylic acid groups (broad SMARTS) is 1. The van der Waals surface area contributed by atoms with E-state index in [1.54, 1.807) is 6.07 Å². The summed E-state index contributed by atoms with van der Waals surface area (Å²) in [5.74, 6) is -0.949. The van der Waals surface area contributed by atoms with Crippen LogP contribution >= 0.6 is 0 Å². The van der Waals surface area contributed by atoms with Crippen molar-refractivity contribution in [2.24, 2.45) is 5.73 Å². The second kappa shape index (κ2) is 3.16. The number of aromatic carboxylic acids is 1. The van der Waals surface area contributed by atoms with Gasteiger partial charge in [0.25, 0.3) is 0 Å². The van der Waals surface area contributed by atoms with E-state index in [-0.39, 0.29) is 5.69 Å². The van der Waals surface area contributed by atoms with Crippen molar-refractivity contribution < 1.29 is 9.90 Å². The third-order valence-electron chi connectivity index (χ3n) is 2.15. The molecule has 0 aliphatic heterocycles. The first kappa shape index (κ1) is 8.77. The number of benzene rings is 1. The van der Waals surface area contributed by atoms with Crippen molar-refractivity contribution in [2.45, 2.75) is 6.54 Å². The molecule has 4 N–H and O–H groups in total. The zero-order chi connectivity index (χ0) is 10.1. The summed E-state index contributed by atoms with van der Waals surface area (Å²) < 4.78 is 0. The molecule has 2 rings (SSSR count). The molecule has 2 aromatic rings. The fourth-order valence-electron chi connectivity index (χ4n) is 1.42. The summed E-state index contributed by atoms with van der Waals surface area (Å²) in [5, 5.41) is 9.64. The van der Waals surface area contributed by atoms with Gasteiger partial charge >= 0.3 is 5.97 Å². The molecule has 0 radical (unpaired) electrons. The van der Waals surface area contributed by atoms with Gasteiger partial charge in [0.15, 0.2) is 0 Å². The summed E-state index contributed by atoms with van der Waals surface area (Å²) in [7, 11) is 0. The van der Waals surface area contributed by atoms with Crippen molar-refractivity contribution in [3.05, 3.63) is 35.5 Å². The molecule has 1 aromatic carbocycles. The minimum Gasteiger partial charge on any atom is -0.477 e. The number of hydrogen-bond acceptors (Lipinski definition) is 2. The first-order valence-corrected chi connectivity index (χ1v) is 4.25. The van der Waals surface area contributed by atoms with Gasteiger partial charge in [0, 0.05) is 17.4 Å². The maximum atomic E-state index is 10.7. The molecule has 0 atom stereocenters. The molecular weight excluding hydrogens is 180 g/mol. The predicted molar refractivity (Wildman–Crippen MR) is 53.1 cm³/mol. The van der Waals surface area contributed by atoms with Gasteiger partial charge in [-0.15, -0.1) is 0 Å². The number of nitrogens with two attached hydrogens (primary N) is 1. The second-order valence-electron chi connectivity index (χ2n) is 3.11. The Bertz CT molecular complexity index is 488. The van der Waals surface area contributed by atoms with Crippen LogP contribution in [0.3, 0.4) is 0 Å². The highest BCUT2D eigenvalue weighted by Gasteiger charge is 2.06. The summed E-state index contributed by atoms with van der Waals surface area (Å²) in [6.45, 7) is 0.462. The molecule has 0 aliphatic rings. The third kappa shape index (κ3) is 1.36. The average molecular weight is 190 g/mol. The molecule has 0 saturated heterocycles. The van der Waals surface area contributed by atoms with Crippen LogP contribution in [0.2, 0.25) is 0 Å². The number of rotatable bonds is 2. The summed E-state index contributed by atoms with van der Waals surface area (Å²) in [4.78, 5) is 13.5. The molecule has 0 saturated carbocycles. The van der Waals surface area contributed by atoms with Gasteiger partial charge in [-0.05, 0) is 23.8 Å². The van der Waals surface area contributed by atoms with Crippen LogP contribution < -0.4 is 5.73 Å². The molecule has 0 spiro atoms. The number of aromatic nitrogens is 1. The Balaban J connectivity index is 2.60. The largest absolute Gasteiger partial charge is 0.477 e. The standard InChI is InChI=1S/C10H10N2O2/c11-5-6-1-2-8-7(3-6)4-9(12-8)10(13)14/h1-4,12H,5,11H2,(H,13,14). The SMILES string of the molecule is NCc1ccc2[nH]c(C(=O)O)cc2c1. The van der Waals surface area contributed by atoms with E-state index in [9.17, 15) is 4.79 Å². The summed E-state index contributed by atoms with van der Waals surface area (Å²) >= 11 is 0. The number of aromatic amines is 1. The number of nitrogens with one attached hydrogen (secondary N) is 1. The topological polar surface area (TPSA) is 79.1 Å². The highest BCUT2D eigenvalue weighted by atomic mass is 16.4. The number of carboxylic acids is 1. The first-order chi connectivity index (χ1) is 6.70. The van der Waals surface area contributed by atoms with Crippen molar-refractivity contribution in [1.29, 1.82) is 0 Å². The summed E-state index contributed by atoms with van der Waals surface area (Å²) in [5.41, 5.74) is 7.50. The Kier molecular flexibility index (Phi) is 1.98. The fourth-order valence-corrected chi connectivity index (χ4v) is 1.42. The number of carbonyl (C=O) groups is 1. The highest BCUT2D eigenvalue weighted by molar-refractivity contribution is 5.93. The van der Waals surface area contributed by atoms with Crippen LogP contribution in [0.4, 0.5) is 0 Å². The maximum absolute atomic E-state index is 10.7. The molecule has 14 heavy (non-hydrogen) atoms. The molecule has 0 aliphatic carbocycles. The van der Waals surface area contributed by atoms with Crippen molar-refractivity contribution in [1.82, 2.24) is 4.98 Å². The fraction of sp³-hybridized carbons (Fsp3) is 0.100. The lowest BCUT2D eigenvalue weighted by Crippen LogP contribution is -1.94. The Labute approximate surface area is 80.3 Å². The van der Waals surface area contributed by atoms with E-state index in [4.69, 9.17) is 10.8 Å². The molecule has 4 heteroatoms. The lowest BCUT2D eigenvalue weighted by atomic mass is 10.1. The van der Waals surface area contributed by atoms with Crippen LogP contribution in [0, 0.1) is 0 Å². The second-order valence-corrected chi connectivity index (χ2v) is 3.11. The van der Waals surface area contributed by atoms with E-state index < -0.39 is 5.97 Å². The number of hydrogen-bond donors (Lipinski definition) is 3. The monoisotopic (exact) mass is 190 g/mol. The lowest BCUT2D eigenvalue weighted by molar-refractivity contribution is 0.0691. The predicted octanol–water partition coefficient (Wildman–Crippen LogP) is 1.32. The van der Waals surface area contributed by atoms with Crippen molar-refractivity contribution in [3.63, 3.8) is 0 Å². The third-order valence-corrected chi connectivity index (χ3v) is 2.15. The van der Waals surface area contributed by atoms with E-state index in [0.717, 1.165) is 16.5 Å². The molecule has 0 amide bonds. The quantitative estimate of drug-likeness (QED) is 0.668. The van der Waals surface area contributed by atoms with Crippen molar-refractivity contribution >= 4 is 16.9 Å². The van der Waals surface area contributed by atoms with Gasteiger partial charge in [-0.1, -0.05) is 6.07 Å². The zero-order valence-electron chi connectivity index (χ0n) is 7.45. The Morgan fingerprint density at radius 2 is 2.21 bits per heavy atom. The smallest absolute Gasteiger partial charge is 0.352 e. The lowest BCUT2D eigenvalue weighted by Gasteiger charge is -1.94. The van der Waals surface area contributed by atoms with Gasteiger partial charge < -0.3 is 15.8 Å². The van der Waals surface area contributed by atoms with Crippen LogP contribution in [-0.4, -0.2) is 16.1 Å². The number of fused-ring (bicyclic) bond motifs is 1. The summed E-state index contributed by atoms with van der Waals surface area (Å²) in [6, 6.07) is 7.21.